The Hall–Kier alpha value is -4.17. The van der Waals surface area contributed by atoms with Gasteiger partial charge in [-0.1, -0.05) is 77.5 Å². The highest BCUT2D eigenvalue weighted by Crippen LogP contribution is 2.40. The molecule has 1 fully saturated rings. The molecule has 0 amide bonds. The number of carbonyl (C=O) groups excluding carboxylic acids is 3. The van der Waals surface area contributed by atoms with E-state index in [1.54, 1.807) is 13.8 Å². The van der Waals surface area contributed by atoms with Crippen molar-refractivity contribution in [3.8, 4) is 16.9 Å². The van der Waals surface area contributed by atoms with E-state index in [4.69, 9.17) is 24.1 Å². The molecule has 1 aliphatic rings. The lowest BCUT2D eigenvalue weighted by molar-refractivity contribution is -0.140. The second-order valence-electron chi connectivity index (χ2n) is 15.1. The number of aliphatic hydroxyl groups is 1. The molecule has 0 bridgehead atoms. The summed E-state index contributed by atoms with van der Waals surface area (Å²) in [4.78, 5) is 36.1. The molecule has 0 aliphatic heterocycles. The second-order valence-corrected chi connectivity index (χ2v) is 15.1. The van der Waals surface area contributed by atoms with Crippen LogP contribution in [0.3, 0.4) is 0 Å². The number of aryl methyl sites for hydroxylation is 3. The first-order chi connectivity index (χ1) is 26.5. The van der Waals surface area contributed by atoms with Gasteiger partial charge in [-0.25, -0.2) is 14.4 Å². The molecule has 3 rings (SSSR count). The van der Waals surface area contributed by atoms with Gasteiger partial charge in [-0.3, -0.25) is 0 Å². The Morgan fingerprint density at radius 2 is 1.25 bits per heavy atom. The molecule has 0 unspecified atom stereocenters. The van der Waals surface area contributed by atoms with Gasteiger partial charge in [0.1, 0.15) is 5.75 Å². The summed E-state index contributed by atoms with van der Waals surface area (Å²) >= 11 is 0. The summed E-state index contributed by atoms with van der Waals surface area (Å²) in [5.74, 6) is 0.829. The van der Waals surface area contributed by atoms with Crippen LogP contribution in [0.4, 0.5) is 0 Å². The van der Waals surface area contributed by atoms with Crippen molar-refractivity contribution >= 4 is 17.9 Å². The van der Waals surface area contributed by atoms with Crippen LogP contribution in [0.5, 0.6) is 5.75 Å². The number of aliphatic hydroxyl groups excluding tert-OH is 1. The van der Waals surface area contributed by atoms with Crippen LogP contribution < -0.4 is 4.74 Å². The molecule has 1 saturated carbocycles. The fourth-order valence-corrected chi connectivity index (χ4v) is 7.19. The number of ether oxygens (including phenoxy) is 4. The maximum atomic E-state index is 12.1. The summed E-state index contributed by atoms with van der Waals surface area (Å²) in [6.45, 7) is 19.3. The van der Waals surface area contributed by atoms with Crippen molar-refractivity contribution < 1.29 is 38.4 Å². The lowest BCUT2D eigenvalue weighted by atomic mass is 9.76. The molecule has 302 valence electrons. The molecule has 2 aromatic carbocycles. The van der Waals surface area contributed by atoms with E-state index in [-0.39, 0.29) is 25.4 Å². The summed E-state index contributed by atoms with van der Waals surface area (Å²) in [6, 6.07) is 11.5. The Balaban J connectivity index is 1.90. The topological polar surface area (TPSA) is 108 Å². The van der Waals surface area contributed by atoms with Crippen molar-refractivity contribution in [3.05, 3.63) is 89.0 Å². The van der Waals surface area contributed by atoms with Gasteiger partial charge in [-0.15, -0.1) is 0 Å². The van der Waals surface area contributed by atoms with Crippen LogP contribution in [-0.2, 0) is 47.9 Å². The lowest BCUT2D eigenvalue weighted by Gasteiger charge is -2.29. The Morgan fingerprint density at radius 3 is 1.80 bits per heavy atom. The van der Waals surface area contributed by atoms with E-state index in [1.165, 1.54) is 68.1 Å². The van der Waals surface area contributed by atoms with E-state index >= 15 is 0 Å². The number of hydrogen-bond acceptors (Lipinski definition) is 8. The molecule has 0 heterocycles. The van der Waals surface area contributed by atoms with E-state index in [1.807, 2.05) is 0 Å². The Labute approximate surface area is 330 Å². The first-order valence-corrected chi connectivity index (χ1v) is 20.5. The number of hydrogen-bond donors (Lipinski definition) is 1. The van der Waals surface area contributed by atoms with Gasteiger partial charge in [0.15, 0.2) is 0 Å². The van der Waals surface area contributed by atoms with Crippen LogP contribution in [0, 0.1) is 5.92 Å². The number of unbranched alkanes of at least 4 members (excludes halogenated alkanes) is 3. The molecule has 8 heteroatoms. The molecule has 8 nitrogen and oxygen atoms in total. The predicted octanol–water partition coefficient (Wildman–Crippen LogP) is 10.1. The van der Waals surface area contributed by atoms with Crippen molar-refractivity contribution in [2.45, 2.75) is 130 Å². The molecule has 0 saturated heterocycles. The highest BCUT2D eigenvalue weighted by atomic mass is 16.5. The smallest absolute Gasteiger partial charge is 0.335 e. The van der Waals surface area contributed by atoms with Crippen molar-refractivity contribution in [1.82, 2.24) is 0 Å². The van der Waals surface area contributed by atoms with Gasteiger partial charge in [0.25, 0.3) is 0 Å². The highest BCUT2D eigenvalue weighted by molar-refractivity contribution is 5.88. The SMILES string of the molecule is C=C(C)C(=O)OCCCc1cc(-c2ccc(C3CCC(CCCCC)CC3)cc2CC)cc(CCCOC(=O)C(=C)C)c1OCCCCOC(=O)C(=C)CO. The maximum Gasteiger partial charge on any atom is 0.335 e. The van der Waals surface area contributed by atoms with E-state index in [2.05, 4.69) is 63.9 Å². The quantitative estimate of drug-likeness (QED) is 0.0462. The van der Waals surface area contributed by atoms with Crippen LogP contribution in [-0.4, -0.2) is 56.0 Å². The highest BCUT2D eigenvalue weighted by Gasteiger charge is 2.23. The van der Waals surface area contributed by atoms with Gasteiger partial charge in [-0.2, -0.15) is 0 Å². The van der Waals surface area contributed by atoms with Crippen LogP contribution in [0.1, 0.15) is 133 Å². The Morgan fingerprint density at radius 1 is 0.691 bits per heavy atom. The zero-order valence-electron chi connectivity index (χ0n) is 34.1. The number of rotatable bonds is 25. The number of esters is 3. The minimum Gasteiger partial charge on any atom is -0.493 e. The predicted molar refractivity (Wildman–Crippen MR) is 220 cm³/mol. The van der Waals surface area contributed by atoms with E-state index in [0.717, 1.165) is 34.8 Å². The zero-order valence-corrected chi connectivity index (χ0v) is 34.1. The van der Waals surface area contributed by atoms with Crippen LogP contribution in [0.15, 0.2) is 66.8 Å². The average Bonchev–Trinajstić information content (AvgIpc) is 3.19. The van der Waals surface area contributed by atoms with Crippen LogP contribution >= 0.6 is 0 Å². The summed E-state index contributed by atoms with van der Waals surface area (Å²) in [5.41, 5.74) is 7.83. The van der Waals surface area contributed by atoms with Crippen LogP contribution in [0.25, 0.3) is 11.1 Å². The third-order valence-electron chi connectivity index (χ3n) is 10.4. The fraction of sp³-hybridized carbons (Fsp3) is 0.553. The normalized spacial score (nSPS) is 15.2. The zero-order chi connectivity index (χ0) is 40.2. The third kappa shape index (κ3) is 15.1. The molecule has 0 aromatic heterocycles. The van der Waals surface area contributed by atoms with Gasteiger partial charge in [-0.05, 0) is 142 Å². The largest absolute Gasteiger partial charge is 0.493 e. The first kappa shape index (κ1) is 45.2. The van der Waals surface area contributed by atoms with Crippen molar-refractivity contribution in [2.75, 3.05) is 33.0 Å². The minimum absolute atomic E-state index is 0.0228. The van der Waals surface area contributed by atoms with Gasteiger partial charge >= 0.3 is 17.9 Å². The van der Waals surface area contributed by atoms with E-state index in [0.29, 0.717) is 62.2 Å². The van der Waals surface area contributed by atoms with Gasteiger partial charge in [0, 0.05) is 11.1 Å². The molecule has 0 spiro atoms. The molecule has 1 aliphatic carbocycles. The van der Waals surface area contributed by atoms with Crippen LogP contribution in [0.2, 0.25) is 0 Å². The lowest BCUT2D eigenvalue weighted by Crippen LogP contribution is -2.13. The molecular weight excluding hydrogens is 693 g/mol. The second kappa shape index (κ2) is 24.4. The Bertz CT molecular complexity index is 1540. The van der Waals surface area contributed by atoms with Crippen molar-refractivity contribution in [3.63, 3.8) is 0 Å². The molecule has 2 aromatic rings. The third-order valence-corrected chi connectivity index (χ3v) is 10.4. The molecule has 0 atom stereocenters. The van der Waals surface area contributed by atoms with Gasteiger partial charge in [0.2, 0.25) is 0 Å². The van der Waals surface area contributed by atoms with Gasteiger partial charge < -0.3 is 24.1 Å². The molecule has 1 N–H and O–H groups in total. The molecular formula is C47H66O8. The number of carbonyl (C=O) groups is 3. The molecule has 55 heavy (non-hydrogen) atoms. The maximum absolute atomic E-state index is 12.1. The van der Waals surface area contributed by atoms with E-state index in [9.17, 15) is 14.4 Å². The average molecular weight is 759 g/mol. The first-order valence-electron chi connectivity index (χ1n) is 20.5. The van der Waals surface area contributed by atoms with Gasteiger partial charge in [0.05, 0.1) is 38.6 Å². The summed E-state index contributed by atoms with van der Waals surface area (Å²) < 4.78 is 22.6. The van der Waals surface area contributed by atoms with Crippen molar-refractivity contribution in [1.29, 1.82) is 0 Å². The van der Waals surface area contributed by atoms with Crippen molar-refractivity contribution in [2.24, 2.45) is 5.92 Å². The summed E-state index contributed by atoms with van der Waals surface area (Å²) in [5, 5.41) is 9.13. The summed E-state index contributed by atoms with van der Waals surface area (Å²) in [7, 11) is 0. The fourth-order valence-electron chi connectivity index (χ4n) is 7.19. The standard InChI is InChI=1S/C47H66O8/c1-8-10-11-16-36-19-21-38(22-20-36)39-23-24-43(37(9-2)29-39)42-30-40(17-14-27-53-45(49)33(3)4)44(41(31-42)18-15-28-54-46(50)34(5)6)52-25-12-13-26-55-47(51)35(7)32-48/h23-24,29-31,36,38,48H,3,5,7-22,25-28,32H2,1-2,4,6H3. The molecule has 0 radical (unpaired) electrons. The van der Waals surface area contributed by atoms with E-state index < -0.39 is 24.5 Å². The Kier molecular flexibility index (Phi) is 20.0. The number of benzene rings is 2. The monoisotopic (exact) mass is 758 g/mol. The minimum atomic E-state index is -0.604. The summed E-state index contributed by atoms with van der Waals surface area (Å²) in [6.07, 6.45) is 15.0.